The Hall–Kier alpha value is -2.17. The molecule has 0 saturated carbocycles. The summed E-state index contributed by atoms with van der Waals surface area (Å²) in [5.74, 6) is 2.38. The van der Waals surface area contributed by atoms with Gasteiger partial charge in [0.05, 0.1) is 5.69 Å². The molecule has 1 aromatic carbocycles. The van der Waals surface area contributed by atoms with Crippen LogP contribution in [0.15, 0.2) is 24.3 Å². The maximum atomic E-state index is 5.32. The van der Waals surface area contributed by atoms with Crippen LogP contribution in [0.1, 0.15) is 0 Å². The lowest BCUT2D eigenvalue weighted by Crippen LogP contribution is -1.92. The van der Waals surface area contributed by atoms with Crippen molar-refractivity contribution in [2.24, 2.45) is 0 Å². The first kappa shape index (κ1) is 9.08. The minimum absolute atomic E-state index is 0.295. The molecular formula is C11H11N3O2. The summed E-state index contributed by atoms with van der Waals surface area (Å²) in [6.07, 6.45) is 0. The van der Waals surface area contributed by atoms with E-state index < -0.39 is 0 Å². The standard InChI is InChI=1S/C11H11N3O2/c1-12-11-5-8(13-14-11)7-2-3-9-10(4-7)16-6-15-9/h2-5H,6H2,1H3,(H2,12,13,14). The van der Waals surface area contributed by atoms with Crippen LogP contribution in [-0.2, 0) is 0 Å². The average molecular weight is 217 g/mol. The van der Waals surface area contributed by atoms with Gasteiger partial charge in [0.2, 0.25) is 6.79 Å². The molecule has 0 atom stereocenters. The van der Waals surface area contributed by atoms with Gasteiger partial charge in [0.15, 0.2) is 11.5 Å². The molecule has 0 radical (unpaired) electrons. The number of fused-ring (bicyclic) bond motifs is 1. The Morgan fingerprint density at radius 2 is 2.12 bits per heavy atom. The molecule has 2 N–H and O–H groups in total. The van der Waals surface area contributed by atoms with Gasteiger partial charge in [-0.05, 0) is 18.2 Å². The lowest BCUT2D eigenvalue weighted by molar-refractivity contribution is 0.174. The van der Waals surface area contributed by atoms with Crippen LogP contribution in [0.4, 0.5) is 5.82 Å². The third-order valence-electron chi connectivity index (χ3n) is 2.52. The van der Waals surface area contributed by atoms with Crippen molar-refractivity contribution in [3.8, 4) is 22.8 Å². The van der Waals surface area contributed by atoms with E-state index in [1.165, 1.54) is 0 Å². The number of benzene rings is 1. The fourth-order valence-electron chi connectivity index (χ4n) is 1.66. The average Bonchev–Trinajstić information content (AvgIpc) is 2.96. The molecule has 2 aromatic rings. The summed E-state index contributed by atoms with van der Waals surface area (Å²) in [5, 5.41) is 10.0. The number of H-pyrrole nitrogens is 1. The van der Waals surface area contributed by atoms with Gasteiger partial charge in [0, 0.05) is 18.7 Å². The van der Waals surface area contributed by atoms with Crippen molar-refractivity contribution in [3.05, 3.63) is 24.3 Å². The Labute approximate surface area is 92.4 Å². The highest BCUT2D eigenvalue weighted by Crippen LogP contribution is 2.35. The number of ether oxygens (including phenoxy) is 2. The van der Waals surface area contributed by atoms with Crippen molar-refractivity contribution >= 4 is 5.82 Å². The number of anilines is 1. The summed E-state index contributed by atoms with van der Waals surface area (Å²) in [6.45, 7) is 0.295. The molecule has 16 heavy (non-hydrogen) atoms. The van der Waals surface area contributed by atoms with Crippen molar-refractivity contribution in [1.29, 1.82) is 0 Å². The molecule has 0 aliphatic carbocycles. The largest absolute Gasteiger partial charge is 0.454 e. The quantitative estimate of drug-likeness (QED) is 0.805. The monoisotopic (exact) mass is 217 g/mol. The first-order valence-corrected chi connectivity index (χ1v) is 5.00. The zero-order valence-electron chi connectivity index (χ0n) is 8.78. The van der Waals surface area contributed by atoms with Crippen LogP contribution in [0.25, 0.3) is 11.3 Å². The molecule has 1 aliphatic heterocycles. The summed E-state index contributed by atoms with van der Waals surface area (Å²) in [7, 11) is 1.83. The second kappa shape index (κ2) is 3.44. The van der Waals surface area contributed by atoms with E-state index >= 15 is 0 Å². The van der Waals surface area contributed by atoms with Crippen molar-refractivity contribution < 1.29 is 9.47 Å². The van der Waals surface area contributed by atoms with E-state index in [-0.39, 0.29) is 0 Å². The topological polar surface area (TPSA) is 59.2 Å². The van der Waals surface area contributed by atoms with Crippen LogP contribution in [0.5, 0.6) is 11.5 Å². The summed E-state index contributed by atoms with van der Waals surface area (Å²) < 4.78 is 10.6. The van der Waals surface area contributed by atoms with E-state index in [0.29, 0.717) is 6.79 Å². The highest BCUT2D eigenvalue weighted by atomic mass is 16.7. The van der Waals surface area contributed by atoms with Crippen LogP contribution in [0, 0.1) is 0 Å². The Bertz CT molecular complexity index is 522. The number of hydrogen-bond donors (Lipinski definition) is 2. The van der Waals surface area contributed by atoms with Crippen LogP contribution >= 0.6 is 0 Å². The molecule has 0 bridgehead atoms. The van der Waals surface area contributed by atoms with Gasteiger partial charge in [0.25, 0.3) is 0 Å². The van der Waals surface area contributed by atoms with Crippen molar-refractivity contribution in [1.82, 2.24) is 10.2 Å². The van der Waals surface area contributed by atoms with Gasteiger partial charge in [-0.3, -0.25) is 5.10 Å². The molecule has 2 heterocycles. The Morgan fingerprint density at radius 1 is 1.25 bits per heavy atom. The summed E-state index contributed by atoms with van der Waals surface area (Å²) in [6, 6.07) is 7.75. The molecule has 3 rings (SSSR count). The summed E-state index contributed by atoms with van der Waals surface area (Å²) >= 11 is 0. The minimum Gasteiger partial charge on any atom is -0.454 e. The highest BCUT2D eigenvalue weighted by Gasteiger charge is 2.14. The van der Waals surface area contributed by atoms with E-state index in [0.717, 1.165) is 28.6 Å². The SMILES string of the molecule is CNc1cc(-c2ccc3c(c2)OCO3)[nH]n1. The molecule has 5 nitrogen and oxygen atoms in total. The van der Waals surface area contributed by atoms with Gasteiger partial charge in [-0.2, -0.15) is 5.10 Å². The zero-order chi connectivity index (χ0) is 11.0. The summed E-state index contributed by atoms with van der Waals surface area (Å²) in [4.78, 5) is 0. The lowest BCUT2D eigenvalue weighted by Gasteiger charge is -1.99. The first-order valence-electron chi connectivity index (χ1n) is 5.00. The first-order chi connectivity index (χ1) is 7.86. The minimum atomic E-state index is 0.295. The smallest absolute Gasteiger partial charge is 0.231 e. The number of aromatic nitrogens is 2. The van der Waals surface area contributed by atoms with E-state index in [4.69, 9.17) is 9.47 Å². The molecule has 5 heteroatoms. The number of aromatic amines is 1. The molecule has 0 spiro atoms. The number of rotatable bonds is 2. The second-order valence-corrected chi connectivity index (χ2v) is 3.48. The van der Waals surface area contributed by atoms with Gasteiger partial charge < -0.3 is 14.8 Å². The molecule has 0 amide bonds. The molecule has 1 aliphatic rings. The van der Waals surface area contributed by atoms with Crippen LogP contribution < -0.4 is 14.8 Å². The predicted molar refractivity (Wildman–Crippen MR) is 59.7 cm³/mol. The van der Waals surface area contributed by atoms with Crippen LogP contribution in [0.3, 0.4) is 0 Å². The molecule has 0 fully saturated rings. The Kier molecular flexibility index (Phi) is 1.96. The predicted octanol–water partition coefficient (Wildman–Crippen LogP) is 1.85. The molecular weight excluding hydrogens is 206 g/mol. The molecule has 82 valence electrons. The van der Waals surface area contributed by atoms with Crippen molar-refractivity contribution in [2.45, 2.75) is 0 Å². The number of hydrogen-bond acceptors (Lipinski definition) is 4. The van der Waals surface area contributed by atoms with Crippen molar-refractivity contribution in [2.75, 3.05) is 19.2 Å². The van der Waals surface area contributed by atoms with E-state index in [2.05, 4.69) is 15.5 Å². The molecule has 0 saturated heterocycles. The lowest BCUT2D eigenvalue weighted by atomic mass is 10.1. The third-order valence-corrected chi connectivity index (χ3v) is 2.52. The zero-order valence-corrected chi connectivity index (χ0v) is 8.78. The summed E-state index contributed by atoms with van der Waals surface area (Å²) in [5.41, 5.74) is 1.97. The van der Waals surface area contributed by atoms with Gasteiger partial charge in [0.1, 0.15) is 5.82 Å². The van der Waals surface area contributed by atoms with E-state index in [9.17, 15) is 0 Å². The number of nitrogens with one attached hydrogen (secondary N) is 2. The van der Waals surface area contributed by atoms with Crippen LogP contribution in [0.2, 0.25) is 0 Å². The number of nitrogens with zero attached hydrogens (tertiary/aromatic N) is 1. The maximum absolute atomic E-state index is 5.32. The van der Waals surface area contributed by atoms with Crippen molar-refractivity contribution in [3.63, 3.8) is 0 Å². The molecule has 1 aromatic heterocycles. The van der Waals surface area contributed by atoms with Gasteiger partial charge in [-0.15, -0.1) is 0 Å². The van der Waals surface area contributed by atoms with E-state index in [1.54, 1.807) is 0 Å². The normalized spacial score (nSPS) is 12.8. The Morgan fingerprint density at radius 3 is 2.94 bits per heavy atom. The Balaban J connectivity index is 2.00. The van der Waals surface area contributed by atoms with E-state index in [1.807, 2.05) is 31.3 Å². The van der Waals surface area contributed by atoms with Gasteiger partial charge >= 0.3 is 0 Å². The maximum Gasteiger partial charge on any atom is 0.231 e. The second-order valence-electron chi connectivity index (χ2n) is 3.48. The van der Waals surface area contributed by atoms with Gasteiger partial charge in [-0.25, -0.2) is 0 Å². The van der Waals surface area contributed by atoms with Gasteiger partial charge in [-0.1, -0.05) is 0 Å². The molecule has 0 unspecified atom stereocenters. The highest BCUT2D eigenvalue weighted by molar-refractivity contribution is 5.66. The fraction of sp³-hybridized carbons (Fsp3) is 0.182. The third kappa shape index (κ3) is 1.37. The fourth-order valence-corrected chi connectivity index (χ4v) is 1.66. The van der Waals surface area contributed by atoms with Crippen LogP contribution in [-0.4, -0.2) is 24.0 Å².